The first kappa shape index (κ1) is 17.9. The molecule has 1 rings (SSSR count). The average Bonchev–Trinajstić information content (AvgIpc) is 2.48. The zero-order valence-electron chi connectivity index (χ0n) is 12.0. The summed E-state index contributed by atoms with van der Waals surface area (Å²) in [6.45, 7) is 2.51. The van der Waals surface area contributed by atoms with Gasteiger partial charge in [0, 0.05) is 17.3 Å². The van der Waals surface area contributed by atoms with E-state index in [0.717, 1.165) is 4.47 Å². The molecule has 0 saturated heterocycles. The van der Waals surface area contributed by atoms with Gasteiger partial charge in [-0.3, -0.25) is 0 Å². The summed E-state index contributed by atoms with van der Waals surface area (Å²) >= 11 is 3.28. The molecule has 0 aliphatic carbocycles. The van der Waals surface area contributed by atoms with Gasteiger partial charge in [0.25, 0.3) is 0 Å². The lowest BCUT2D eigenvalue weighted by Gasteiger charge is -2.08. The Kier molecular flexibility index (Phi) is 9.00. The van der Waals surface area contributed by atoms with Crippen LogP contribution in [0.2, 0.25) is 0 Å². The van der Waals surface area contributed by atoms with Gasteiger partial charge in [0.2, 0.25) is 0 Å². The highest BCUT2D eigenvalue weighted by atomic mass is 79.9. The molecule has 0 aliphatic rings. The lowest BCUT2D eigenvalue weighted by molar-refractivity contribution is 0.00574. The van der Waals surface area contributed by atoms with Crippen LogP contribution < -0.4 is 5.73 Å². The summed E-state index contributed by atoms with van der Waals surface area (Å²) < 4.78 is 21.2. The van der Waals surface area contributed by atoms with Crippen LogP contribution in [0.15, 0.2) is 22.7 Å². The summed E-state index contributed by atoms with van der Waals surface area (Å²) in [6, 6.07) is 5.04. The molecule has 0 heterocycles. The van der Waals surface area contributed by atoms with Gasteiger partial charge in [-0.1, -0.05) is 15.9 Å². The van der Waals surface area contributed by atoms with Crippen LogP contribution in [0.4, 0.5) is 5.69 Å². The van der Waals surface area contributed by atoms with Gasteiger partial charge in [0.1, 0.15) is 6.61 Å². The van der Waals surface area contributed by atoms with Crippen molar-refractivity contribution < 1.29 is 23.7 Å². The van der Waals surface area contributed by atoms with Crippen molar-refractivity contribution in [2.24, 2.45) is 0 Å². The van der Waals surface area contributed by atoms with E-state index >= 15 is 0 Å². The second-order valence-electron chi connectivity index (χ2n) is 4.09. The molecule has 1 aromatic rings. The molecule has 0 saturated carbocycles. The number of halogens is 1. The van der Waals surface area contributed by atoms with Crippen molar-refractivity contribution in [1.29, 1.82) is 0 Å². The van der Waals surface area contributed by atoms with Gasteiger partial charge in [-0.15, -0.1) is 0 Å². The molecule has 118 valence electrons. The summed E-state index contributed by atoms with van der Waals surface area (Å²) in [6.07, 6.45) is 0. The van der Waals surface area contributed by atoms with Crippen molar-refractivity contribution in [2.75, 3.05) is 52.5 Å². The van der Waals surface area contributed by atoms with Gasteiger partial charge in [-0.05, 0) is 18.2 Å². The molecular formula is C14H20BrNO5. The van der Waals surface area contributed by atoms with Crippen LogP contribution in [0, 0.1) is 0 Å². The second kappa shape index (κ2) is 10.6. The first-order chi connectivity index (χ1) is 10.1. The Balaban J connectivity index is 2.12. The lowest BCUT2D eigenvalue weighted by Crippen LogP contribution is -2.14. The molecule has 0 aromatic heterocycles. The van der Waals surface area contributed by atoms with E-state index in [2.05, 4.69) is 15.9 Å². The van der Waals surface area contributed by atoms with Crippen LogP contribution in [0.25, 0.3) is 0 Å². The molecule has 0 fully saturated rings. The van der Waals surface area contributed by atoms with Crippen molar-refractivity contribution in [3.8, 4) is 0 Å². The molecule has 0 atom stereocenters. The Hall–Kier alpha value is -1.15. The maximum atomic E-state index is 11.8. The minimum atomic E-state index is -0.464. The maximum absolute atomic E-state index is 11.8. The molecule has 21 heavy (non-hydrogen) atoms. The SMILES string of the molecule is COCCOCCOCCOC(=O)c1cc(Br)ccc1N. The summed E-state index contributed by atoms with van der Waals surface area (Å²) in [4.78, 5) is 11.8. The van der Waals surface area contributed by atoms with Crippen LogP contribution in [0.3, 0.4) is 0 Å². The van der Waals surface area contributed by atoms with E-state index in [0.29, 0.717) is 44.3 Å². The van der Waals surface area contributed by atoms with E-state index < -0.39 is 5.97 Å². The van der Waals surface area contributed by atoms with E-state index in [1.165, 1.54) is 0 Å². The third-order valence-corrected chi connectivity index (χ3v) is 2.99. The van der Waals surface area contributed by atoms with Crippen LogP contribution >= 0.6 is 15.9 Å². The summed E-state index contributed by atoms with van der Waals surface area (Å²) in [7, 11) is 1.62. The molecule has 0 radical (unpaired) electrons. The van der Waals surface area contributed by atoms with Gasteiger partial charge >= 0.3 is 5.97 Å². The average molecular weight is 362 g/mol. The molecule has 2 N–H and O–H groups in total. The van der Waals surface area contributed by atoms with Crippen molar-refractivity contribution in [3.05, 3.63) is 28.2 Å². The minimum absolute atomic E-state index is 0.170. The summed E-state index contributed by atoms with van der Waals surface area (Å²) in [5.74, 6) is -0.464. The highest BCUT2D eigenvalue weighted by Crippen LogP contribution is 2.19. The van der Waals surface area contributed by atoms with Crippen molar-refractivity contribution >= 4 is 27.6 Å². The maximum Gasteiger partial charge on any atom is 0.340 e. The third kappa shape index (κ3) is 7.42. The van der Waals surface area contributed by atoms with Gasteiger partial charge in [0.15, 0.2) is 0 Å². The van der Waals surface area contributed by atoms with Crippen LogP contribution in [0.1, 0.15) is 10.4 Å². The molecular weight excluding hydrogens is 342 g/mol. The number of carbonyl (C=O) groups excluding carboxylic acids is 1. The van der Waals surface area contributed by atoms with E-state index in [4.69, 9.17) is 24.7 Å². The highest BCUT2D eigenvalue weighted by molar-refractivity contribution is 9.10. The summed E-state index contributed by atoms with van der Waals surface area (Å²) in [5.41, 5.74) is 6.45. The Morgan fingerprint density at radius 1 is 1.10 bits per heavy atom. The molecule has 7 heteroatoms. The van der Waals surface area contributed by atoms with E-state index in [1.54, 1.807) is 25.3 Å². The number of benzene rings is 1. The quantitative estimate of drug-likeness (QED) is 0.389. The number of ether oxygens (including phenoxy) is 4. The molecule has 0 unspecified atom stereocenters. The van der Waals surface area contributed by atoms with Gasteiger partial charge in [-0.2, -0.15) is 0 Å². The first-order valence-electron chi connectivity index (χ1n) is 6.51. The van der Waals surface area contributed by atoms with Crippen molar-refractivity contribution in [3.63, 3.8) is 0 Å². The normalized spacial score (nSPS) is 10.6. The monoisotopic (exact) mass is 361 g/mol. The van der Waals surface area contributed by atoms with Crippen LogP contribution in [-0.4, -0.2) is 52.7 Å². The third-order valence-electron chi connectivity index (χ3n) is 2.50. The number of nitrogens with two attached hydrogens (primary N) is 1. The first-order valence-corrected chi connectivity index (χ1v) is 7.31. The molecule has 0 spiro atoms. The van der Waals surface area contributed by atoms with Crippen molar-refractivity contribution in [2.45, 2.75) is 0 Å². The fourth-order valence-corrected chi connectivity index (χ4v) is 1.80. The second-order valence-corrected chi connectivity index (χ2v) is 5.00. The van der Waals surface area contributed by atoms with E-state index in [1.807, 2.05) is 0 Å². The number of hydrogen-bond donors (Lipinski definition) is 1. The van der Waals surface area contributed by atoms with Gasteiger partial charge < -0.3 is 24.7 Å². The summed E-state index contributed by atoms with van der Waals surface area (Å²) in [5, 5.41) is 0. The van der Waals surface area contributed by atoms with Crippen LogP contribution in [-0.2, 0) is 18.9 Å². The molecule has 0 amide bonds. The van der Waals surface area contributed by atoms with Crippen molar-refractivity contribution in [1.82, 2.24) is 0 Å². The molecule has 0 aliphatic heterocycles. The zero-order chi connectivity index (χ0) is 15.5. The van der Waals surface area contributed by atoms with E-state index in [-0.39, 0.29) is 6.61 Å². The van der Waals surface area contributed by atoms with Crippen LogP contribution in [0.5, 0.6) is 0 Å². The number of esters is 1. The molecule has 1 aromatic carbocycles. The Labute approximate surface area is 132 Å². The Morgan fingerprint density at radius 2 is 1.71 bits per heavy atom. The van der Waals surface area contributed by atoms with Gasteiger partial charge in [-0.25, -0.2) is 4.79 Å². The highest BCUT2D eigenvalue weighted by Gasteiger charge is 2.11. The minimum Gasteiger partial charge on any atom is -0.460 e. The number of methoxy groups -OCH3 is 1. The number of nitrogen functional groups attached to an aromatic ring is 1. The number of rotatable bonds is 10. The Bertz CT molecular complexity index is 441. The topological polar surface area (TPSA) is 80.0 Å². The van der Waals surface area contributed by atoms with Gasteiger partial charge in [0.05, 0.1) is 38.6 Å². The fourth-order valence-electron chi connectivity index (χ4n) is 1.44. The standard InChI is InChI=1S/C14H20BrNO5/c1-18-4-5-19-6-7-20-8-9-21-14(17)12-10-11(15)2-3-13(12)16/h2-3,10H,4-9,16H2,1H3. The fraction of sp³-hybridized carbons (Fsp3) is 0.500. The predicted molar refractivity (Wildman–Crippen MR) is 82.4 cm³/mol. The predicted octanol–water partition coefficient (Wildman–Crippen LogP) is 1.87. The van der Waals surface area contributed by atoms with E-state index in [9.17, 15) is 4.79 Å². The smallest absolute Gasteiger partial charge is 0.340 e. The number of anilines is 1. The molecule has 0 bridgehead atoms. The largest absolute Gasteiger partial charge is 0.460 e. The zero-order valence-corrected chi connectivity index (χ0v) is 13.6. The number of carbonyl (C=O) groups is 1. The lowest BCUT2D eigenvalue weighted by atomic mass is 10.2. The number of hydrogen-bond acceptors (Lipinski definition) is 6. The Morgan fingerprint density at radius 3 is 2.38 bits per heavy atom. The molecule has 6 nitrogen and oxygen atoms in total.